The van der Waals surface area contributed by atoms with Crippen molar-refractivity contribution in [2.24, 2.45) is 5.92 Å². The second-order valence-corrected chi connectivity index (χ2v) is 14.8. The van der Waals surface area contributed by atoms with Crippen molar-refractivity contribution in [3.05, 3.63) is 130 Å². The Hall–Kier alpha value is -5.31. The zero-order chi connectivity index (χ0) is 37.8. The zero-order valence-electron chi connectivity index (χ0n) is 29.1. The van der Waals surface area contributed by atoms with E-state index in [2.05, 4.69) is 10.6 Å². The maximum Gasteiger partial charge on any atom is 0.310 e. The molecule has 0 aliphatic carbocycles. The molecule has 0 fully saturated rings. The van der Waals surface area contributed by atoms with Crippen molar-refractivity contribution in [1.82, 2.24) is 14.9 Å². The minimum atomic E-state index is -3.94. The number of carbonyl (C=O) groups excluding carboxylic acids is 2. The summed E-state index contributed by atoms with van der Waals surface area (Å²) in [5.41, 5.74) is 7.06. The standard InChI is InChI=1S/C38H45N5O8S/c1-26(2)24-42(52(50,51)32-19-17-30(39)18-20-32)31(25-44)15-9-10-22-40-38(47)36(41-37(46)29-16-21-33(43(48)49)34(45)23-29)35(27-11-5-3-6-12-27)28-13-7-4-8-14-28/h3-8,11-14,16-21,23,26,31,35-36,44-45H,9-10,15,22,24-25,39H2,1-2H3,(H,40,47)(H,41,46)/t31-,36-/m0/s1. The first kappa shape index (κ1) is 39.5. The molecule has 0 spiro atoms. The first-order valence-corrected chi connectivity index (χ1v) is 18.4. The third kappa shape index (κ3) is 10.1. The van der Waals surface area contributed by atoms with E-state index in [1.807, 2.05) is 74.5 Å². The maximum absolute atomic E-state index is 14.0. The van der Waals surface area contributed by atoms with Crippen molar-refractivity contribution in [3.8, 4) is 5.75 Å². The molecule has 0 bridgehead atoms. The zero-order valence-corrected chi connectivity index (χ0v) is 29.9. The van der Waals surface area contributed by atoms with Crippen LogP contribution in [0.3, 0.4) is 0 Å². The number of sulfonamides is 1. The number of nitrogen functional groups attached to an aromatic ring is 1. The molecule has 4 aromatic carbocycles. The topological polar surface area (TPSA) is 205 Å². The summed E-state index contributed by atoms with van der Waals surface area (Å²) in [6, 6.07) is 25.6. The predicted molar refractivity (Wildman–Crippen MR) is 198 cm³/mol. The van der Waals surface area contributed by atoms with Crippen LogP contribution in [0.1, 0.15) is 60.5 Å². The predicted octanol–water partition coefficient (Wildman–Crippen LogP) is 4.81. The molecule has 0 aromatic heterocycles. The summed E-state index contributed by atoms with van der Waals surface area (Å²) in [5, 5.41) is 37.4. The Balaban J connectivity index is 1.52. The largest absolute Gasteiger partial charge is 0.502 e. The average molecular weight is 732 g/mol. The van der Waals surface area contributed by atoms with Crippen LogP contribution < -0.4 is 16.4 Å². The van der Waals surface area contributed by atoms with Gasteiger partial charge in [0.25, 0.3) is 5.91 Å². The molecule has 0 heterocycles. The number of nitrogens with zero attached hydrogens (tertiary/aromatic N) is 2. The number of hydrogen-bond donors (Lipinski definition) is 5. The lowest BCUT2D eigenvalue weighted by Gasteiger charge is -2.31. The fraction of sp³-hybridized carbons (Fsp3) is 0.316. The van der Waals surface area contributed by atoms with Crippen molar-refractivity contribution < 1.29 is 33.1 Å². The van der Waals surface area contributed by atoms with Gasteiger partial charge in [-0.15, -0.1) is 0 Å². The SMILES string of the molecule is CC(C)CN([C@H](CO)CCCCNC(=O)[C@@H](NC(=O)c1ccc([N+](=O)[O-])c(O)c1)C(c1ccccc1)c1ccccc1)S(=O)(=O)c1ccc(N)cc1. The van der Waals surface area contributed by atoms with Gasteiger partial charge in [-0.05, 0) is 66.3 Å². The number of benzene rings is 4. The maximum atomic E-state index is 14.0. The minimum Gasteiger partial charge on any atom is -0.502 e. The van der Waals surface area contributed by atoms with Gasteiger partial charge in [-0.3, -0.25) is 19.7 Å². The molecule has 0 aliphatic rings. The Morgan fingerprint density at radius 2 is 1.50 bits per heavy atom. The number of amides is 2. The molecule has 0 aliphatic heterocycles. The number of nitrogens with one attached hydrogen (secondary N) is 2. The number of nitro benzene ring substituents is 1. The number of carbonyl (C=O) groups is 2. The van der Waals surface area contributed by atoms with E-state index in [0.717, 1.165) is 23.3 Å². The van der Waals surface area contributed by atoms with Crippen LogP contribution in [-0.2, 0) is 14.8 Å². The van der Waals surface area contributed by atoms with E-state index in [1.54, 1.807) is 0 Å². The van der Waals surface area contributed by atoms with Crippen LogP contribution in [0.4, 0.5) is 11.4 Å². The van der Waals surface area contributed by atoms with Gasteiger partial charge < -0.3 is 26.6 Å². The third-order valence-electron chi connectivity index (χ3n) is 8.57. The highest BCUT2D eigenvalue weighted by Crippen LogP contribution is 2.30. The first-order chi connectivity index (χ1) is 24.8. The smallest absolute Gasteiger partial charge is 0.310 e. The summed E-state index contributed by atoms with van der Waals surface area (Å²) in [5.74, 6) is -2.55. The second kappa shape index (κ2) is 18.3. The van der Waals surface area contributed by atoms with E-state index >= 15 is 0 Å². The molecule has 0 radical (unpaired) electrons. The van der Waals surface area contributed by atoms with Crippen LogP contribution >= 0.6 is 0 Å². The van der Waals surface area contributed by atoms with Gasteiger partial charge in [-0.2, -0.15) is 4.31 Å². The molecule has 276 valence electrons. The third-order valence-corrected chi connectivity index (χ3v) is 10.5. The van der Waals surface area contributed by atoms with E-state index in [0.29, 0.717) is 24.9 Å². The van der Waals surface area contributed by atoms with Crippen molar-refractivity contribution in [1.29, 1.82) is 0 Å². The number of unbranched alkanes of at least 4 members (excludes halogenated alkanes) is 1. The van der Waals surface area contributed by atoms with Gasteiger partial charge in [0.2, 0.25) is 15.9 Å². The Kier molecular flexibility index (Phi) is 13.9. The summed E-state index contributed by atoms with van der Waals surface area (Å²) in [4.78, 5) is 38.1. The quantitative estimate of drug-likeness (QED) is 0.0412. The normalized spacial score (nSPS) is 12.8. The van der Waals surface area contributed by atoms with Gasteiger partial charge in [-0.1, -0.05) is 80.9 Å². The number of phenolic OH excluding ortho intramolecular Hbond substituents is 1. The molecular weight excluding hydrogens is 687 g/mol. The van der Waals surface area contributed by atoms with Gasteiger partial charge in [-0.25, -0.2) is 8.42 Å². The molecule has 52 heavy (non-hydrogen) atoms. The Labute approximate surface area is 303 Å². The van der Waals surface area contributed by atoms with E-state index in [9.17, 15) is 38.3 Å². The van der Waals surface area contributed by atoms with Crippen LogP contribution in [0.25, 0.3) is 0 Å². The van der Waals surface area contributed by atoms with Crippen LogP contribution in [-0.4, -0.2) is 71.5 Å². The molecule has 6 N–H and O–H groups in total. The van der Waals surface area contributed by atoms with Crippen molar-refractivity contribution in [3.63, 3.8) is 0 Å². The number of nitro groups is 1. The molecule has 0 unspecified atom stereocenters. The fourth-order valence-corrected chi connectivity index (χ4v) is 7.78. The number of aliphatic hydroxyl groups excluding tert-OH is 1. The molecule has 14 heteroatoms. The van der Waals surface area contributed by atoms with Crippen LogP contribution in [0.15, 0.2) is 108 Å². The highest BCUT2D eigenvalue weighted by molar-refractivity contribution is 7.89. The summed E-state index contributed by atoms with van der Waals surface area (Å²) in [6.07, 6.45) is 1.24. The molecule has 2 amide bonds. The fourth-order valence-electron chi connectivity index (χ4n) is 5.97. The molecule has 4 rings (SSSR count). The number of rotatable bonds is 18. The van der Waals surface area contributed by atoms with Crippen LogP contribution in [0.5, 0.6) is 5.75 Å². The van der Waals surface area contributed by atoms with E-state index in [1.165, 1.54) is 34.6 Å². The Morgan fingerprint density at radius 3 is 2.02 bits per heavy atom. The second-order valence-electron chi connectivity index (χ2n) is 12.9. The van der Waals surface area contributed by atoms with Crippen molar-refractivity contribution in [2.45, 2.75) is 56.0 Å². The van der Waals surface area contributed by atoms with Gasteiger partial charge in [0.05, 0.1) is 16.4 Å². The number of anilines is 1. The molecule has 4 aromatic rings. The number of nitrogens with two attached hydrogens (primary N) is 1. The van der Waals surface area contributed by atoms with Crippen molar-refractivity contribution in [2.75, 3.05) is 25.4 Å². The lowest BCUT2D eigenvalue weighted by atomic mass is 9.84. The molecule has 0 saturated carbocycles. The summed E-state index contributed by atoms with van der Waals surface area (Å²) < 4.78 is 28.6. The van der Waals surface area contributed by atoms with Crippen molar-refractivity contribution >= 4 is 33.2 Å². The molecule has 0 saturated heterocycles. The molecule has 2 atom stereocenters. The minimum absolute atomic E-state index is 0.0128. The highest BCUT2D eigenvalue weighted by Gasteiger charge is 2.34. The van der Waals surface area contributed by atoms with Gasteiger partial charge in [0.1, 0.15) is 6.04 Å². The van der Waals surface area contributed by atoms with E-state index in [-0.39, 0.29) is 29.5 Å². The average Bonchev–Trinajstić information content (AvgIpc) is 3.12. The van der Waals surface area contributed by atoms with E-state index in [4.69, 9.17) is 5.73 Å². The summed E-state index contributed by atoms with van der Waals surface area (Å²) >= 11 is 0. The van der Waals surface area contributed by atoms with E-state index < -0.39 is 62.8 Å². The molecule has 13 nitrogen and oxygen atoms in total. The number of phenols is 1. The summed E-state index contributed by atoms with van der Waals surface area (Å²) in [7, 11) is -3.94. The van der Waals surface area contributed by atoms with Crippen LogP contribution in [0.2, 0.25) is 0 Å². The Morgan fingerprint density at radius 1 is 0.904 bits per heavy atom. The first-order valence-electron chi connectivity index (χ1n) is 17.0. The highest BCUT2D eigenvalue weighted by atomic mass is 32.2. The Bertz CT molecular complexity index is 1870. The van der Waals surface area contributed by atoms with Crippen LogP contribution in [0, 0.1) is 16.0 Å². The monoisotopic (exact) mass is 731 g/mol. The molecular formula is C38H45N5O8S. The van der Waals surface area contributed by atoms with Gasteiger partial charge in [0.15, 0.2) is 5.75 Å². The van der Waals surface area contributed by atoms with Gasteiger partial charge in [0, 0.05) is 42.4 Å². The summed E-state index contributed by atoms with van der Waals surface area (Å²) in [6.45, 7) is 3.78. The lowest BCUT2D eigenvalue weighted by Crippen LogP contribution is -2.50. The lowest BCUT2D eigenvalue weighted by molar-refractivity contribution is -0.385. The number of aliphatic hydroxyl groups is 1. The number of hydrogen-bond acceptors (Lipinski definition) is 9. The number of aromatic hydroxyl groups is 1. The van der Waals surface area contributed by atoms with Gasteiger partial charge >= 0.3 is 5.69 Å².